The molecule has 2 aromatic carbocycles. The molecule has 0 fully saturated rings. The fourth-order valence-electron chi connectivity index (χ4n) is 3.13. The zero-order valence-electron chi connectivity index (χ0n) is 19.1. The molecule has 0 saturated heterocycles. The van der Waals surface area contributed by atoms with E-state index in [0.717, 1.165) is 20.6 Å². The van der Waals surface area contributed by atoms with E-state index in [1.54, 1.807) is 0 Å². The number of thioether (sulfide) groups is 1. The molecule has 3 rings (SSSR count). The third-order valence-electron chi connectivity index (χ3n) is 5.08. The first-order chi connectivity index (χ1) is 15.2. The largest absolute Gasteiger partial charge is 0.486 e. The van der Waals surface area contributed by atoms with Gasteiger partial charge in [0.15, 0.2) is 11.0 Å². The molecule has 0 radical (unpaired) electrons. The Morgan fingerprint density at radius 2 is 1.81 bits per heavy atom. The molecule has 8 heteroatoms. The number of ether oxygens (including phenoxy) is 1. The minimum Gasteiger partial charge on any atom is -0.486 e. The standard InChI is InChI=1S/C24H29IN4O2S/c1-15(2)17-6-9-19(10-7-17)31-13-22-27-28-24(29(22)5)32-14-23(30)26-21-11-8-18(25)12-20(21)16(3)4/h6-12,15-16H,13-14H2,1-5H3,(H,26,30). The van der Waals surface area contributed by atoms with Crippen LogP contribution in [0.1, 0.15) is 56.5 Å². The molecule has 1 aromatic heterocycles. The van der Waals surface area contributed by atoms with Crippen molar-refractivity contribution in [2.75, 3.05) is 11.1 Å². The van der Waals surface area contributed by atoms with Gasteiger partial charge in [0.1, 0.15) is 12.4 Å². The summed E-state index contributed by atoms with van der Waals surface area (Å²) in [5.41, 5.74) is 3.27. The number of nitrogens with zero attached hydrogens (tertiary/aromatic N) is 3. The molecule has 0 atom stereocenters. The molecule has 1 heterocycles. The first kappa shape index (κ1) is 24.6. The molecule has 6 nitrogen and oxygen atoms in total. The van der Waals surface area contributed by atoms with E-state index in [9.17, 15) is 4.79 Å². The maximum atomic E-state index is 12.5. The van der Waals surface area contributed by atoms with Crippen molar-refractivity contribution in [2.45, 2.75) is 51.3 Å². The number of rotatable bonds is 9. The zero-order valence-corrected chi connectivity index (χ0v) is 22.0. The summed E-state index contributed by atoms with van der Waals surface area (Å²) in [5.74, 6) is 2.51. The normalized spacial score (nSPS) is 11.2. The summed E-state index contributed by atoms with van der Waals surface area (Å²) in [6.45, 7) is 8.89. The molecule has 0 spiro atoms. The van der Waals surface area contributed by atoms with E-state index >= 15 is 0 Å². The van der Waals surface area contributed by atoms with Gasteiger partial charge in [0.05, 0.1) is 5.75 Å². The smallest absolute Gasteiger partial charge is 0.234 e. The third kappa shape index (κ3) is 6.48. The van der Waals surface area contributed by atoms with Crippen LogP contribution in [0.25, 0.3) is 0 Å². The van der Waals surface area contributed by atoms with Gasteiger partial charge in [-0.3, -0.25) is 4.79 Å². The molecule has 32 heavy (non-hydrogen) atoms. The Morgan fingerprint density at radius 1 is 1.09 bits per heavy atom. The van der Waals surface area contributed by atoms with Crippen LogP contribution < -0.4 is 10.1 Å². The number of benzene rings is 2. The van der Waals surface area contributed by atoms with Crippen molar-refractivity contribution in [1.29, 1.82) is 0 Å². The van der Waals surface area contributed by atoms with E-state index in [1.807, 2.05) is 35.9 Å². The van der Waals surface area contributed by atoms with Crippen molar-refractivity contribution in [2.24, 2.45) is 7.05 Å². The highest BCUT2D eigenvalue weighted by Gasteiger charge is 2.14. The van der Waals surface area contributed by atoms with Crippen molar-refractivity contribution in [3.63, 3.8) is 0 Å². The Labute approximate surface area is 207 Å². The number of anilines is 1. The lowest BCUT2D eigenvalue weighted by molar-refractivity contribution is -0.113. The van der Waals surface area contributed by atoms with Crippen molar-refractivity contribution >= 4 is 45.9 Å². The van der Waals surface area contributed by atoms with Gasteiger partial charge in [0.25, 0.3) is 0 Å². The van der Waals surface area contributed by atoms with Crippen molar-refractivity contribution < 1.29 is 9.53 Å². The molecule has 0 bridgehead atoms. The second-order valence-corrected chi connectivity index (χ2v) is 10.4. The quantitative estimate of drug-likeness (QED) is 0.256. The van der Waals surface area contributed by atoms with Crippen LogP contribution in [-0.2, 0) is 18.4 Å². The Balaban J connectivity index is 1.55. The van der Waals surface area contributed by atoms with E-state index < -0.39 is 0 Å². The molecular formula is C24H29IN4O2S. The van der Waals surface area contributed by atoms with Gasteiger partial charge in [-0.15, -0.1) is 10.2 Å². The highest BCUT2D eigenvalue weighted by Crippen LogP contribution is 2.27. The Kier molecular flexibility index (Phi) is 8.58. The van der Waals surface area contributed by atoms with Crippen LogP contribution in [0.2, 0.25) is 0 Å². The number of halogens is 1. The average Bonchev–Trinajstić information content (AvgIpc) is 3.11. The molecule has 0 unspecified atom stereocenters. The van der Waals surface area contributed by atoms with E-state index in [1.165, 1.54) is 17.3 Å². The van der Waals surface area contributed by atoms with Gasteiger partial charge in [-0.05, 0) is 75.9 Å². The summed E-state index contributed by atoms with van der Waals surface area (Å²) in [6, 6.07) is 14.2. The summed E-state index contributed by atoms with van der Waals surface area (Å²) >= 11 is 3.65. The number of hydrogen-bond acceptors (Lipinski definition) is 5. The summed E-state index contributed by atoms with van der Waals surface area (Å²) in [7, 11) is 1.89. The molecule has 1 amide bonds. The van der Waals surface area contributed by atoms with E-state index in [0.29, 0.717) is 29.4 Å². The van der Waals surface area contributed by atoms with Gasteiger partial charge in [-0.25, -0.2) is 0 Å². The van der Waals surface area contributed by atoms with Crippen LogP contribution in [0.4, 0.5) is 5.69 Å². The van der Waals surface area contributed by atoms with Crippen LogP contribution in [-0.4, -0.2) is 26.4 Å². The van der Waals surface area contributed by atoms with Crippen LogP contribution in [0.15, 0.2) is 47.6 Å². The summed E-state index contributed by atoms with van der Waals surface area (Å²) in [5, 5.41) is 12.1. The van der Waals surface area contributed by atoms with Gasteiger partial charge < -0.3 is 14.6 Å². The number of nitrogens with one attached hydrogen (secondary N) is 1. The predicted molar refractivity (Wildman–Crippen MR) is 138 cm³/mol. The van der Waals surface area contributed by atoms with E-state index in [4.69, 9.17) is 4.74 Å². The molecule has 0 aliphatic heterocycles. The number of carbonyl (C=O) groups is 1. The number of aromatic nitrogens is 3. The lowest BCUT2D eigenvalue weighted by Crippen LogP contribution is -2.16. The fourth-order valence-corrected chi connectivity index (χ4v) is 4.38. The van der Waals surface area contributed by atoms with E-state index in [2.05, 4.69) is 84.0 Å². The average molecular weight is 564 g/mol. The second kappa shape index (κ2) is 11.2. The maximum absolute atomic E-state index is 12.5. The number of hydrogen-bond donors (Lipinski definition) is 1. The maximum Gasteiger partial charge on any atom is 0.234 e. The number of carbonyl (C=O) groups excluding carboxylic acids is 1. The van der Waals surface area contributed by atoms with Gasteiger partial charge in [-0.2, -0.15) is 0 Å². The van der Waals surface area contributed by atoms with Gasteiger partial charge in [0.2, 0.25) is 5.91 Å². The lowest BCUT2D eigenvalue weighted by Gasteiger charge is -2.14. The van der Waals surface area contributed by atoms with Crippen LogP contribution in [0.3, 0.4) is 0 Å². The molecule has 3 aromatic rings. The highest BCUT2D eigenvalue weighted by atomic mass is 127. The molecule has 1 N–H and O–H groups in total. The summed E-state index contributed by atoms with van der Waals surface area (Å²) in [6.07, 6.45) is 0. The molecule has 0 aliphatic carbocycles. The Hall–Kier alpha value is -2.07. The second-order valence-electron chi connectivity index (χ2n) is 8.19. The summed E-state index contributed by atoms with van der Waals surface area (Å²) in [4.78, 5) is 12.5. The minimum absolute atomic E-state index is 0.0656. The van der Waals surface area contributed by atoms with Gasteiger partial charge in [0, 0.05) is 16.3 Å². The Morgan fingerprint density at radius 3 is 2.47 bits per heavy atom. The topological polar surface area (TPSA) is 69.0 Å². The van der Waals surface area contributed by atoms with Crippen LogP contribution >= 0.6 is 34.4 Å². The van der Waals surface area contributed by atoms with Crippen molar-refractivity contribution in [1.82, 2.24) is 14.8 Å². The number of amides is 1. The Bertz CT molecular complexity index is 1060. The van der Waals surface area contributed by atoms with Gasteiger partial charge >= 0.3 is 0 Å². The highest BCUT2D eigenvalue weighted by molar-refractivity contribution is 14.1. The van der Waals surface area contributed by atoms with Crippen LogP contribution in [0, 0.1) is 3.57 Å². The third-order valence-corrected chi connectivity index (χ3v) is 6.77. The fraction of sp³-hybridized carbons (Fsp3) is 0.375. The minimum atomic E-state index is -0.0656. The monoisotopic (exact) mass is 564 g/mol. The first-order valence-electron chi connectivity index (χ1n) is 10.6. The first-order valence-corrected chi connectivity index (χ1v) is 12.6. The van der Waals surface area contributed by atoms with Crippen molar-refractivity contribution in [3.05, 3.63) is 63.0 Å². The zero-order chi connectivity index (χ0) is 23.3. The van der Waals surface area contributed by atoms with Gasteiger partial charge in [-0.1, -0.05) is 51.6 Å². The molecular weight excluding hydrogens is 535 g/mol. The predicted octanol–water partition coefficient (Wildman–Crippen LogP) is 5.98. The van der Waals surface area contributed by atoms with E-state index in [-0.39, 0.29) is 11.7 Å². The van der Waals surface area contributed by atoms with Crippen LogP contribution in [0.5, 0.6) is 5.75 Å². The lowest BCUT2D eigenvalue weighted by atomic mass is 10.0. The SMILES string of the molecule is CC(C)c1ccc(OCc2nnc(SCC(=O)Nc3ccc(I)cc3C(C)C)n2C)cc1. The van der Waals surface area contributed by atoms with Crippen molar-refractivity contribution in [3.8, 4) is 5.75 Å². The molecule has 0 aliphatic rings. The molecule has 170 valence electrons. The molecule has 0 saturated carbocycles. The summed E-state index contributed by atoms with van der Waals surface area (Å²) < 4.78 is 8.88.